The Balaban J connectivity index is 1.88. The number of carbonyl (C=O) groups is 1. The van der Waals surface area contributed by atoms with Crippen LogP contribution in [0.3, 0.4) is 0 Å². The van der Waals surface area contributed by atoms with Crippen LogP contribution in [0.25, 0.3) is 0 Å². The molecule has 0 aromatic heterocycles. The Morgan fingerprint density at radius 2 is 2.06 bits per heavy atom. The minimum atomic E-state index is 0.191. The lowest BCUT2D eigenvalue weighted by molar-refractivity contribution is -0.135. The van der Waals surface area contributed by atoms with Gasteiger partial charge in [-0.2, -0.15) is 0 Å². The molecule has 0 bridgehead atoms. The Hall–Kier alpha value is -1.35. The highest BCUT2D eigenvalue weighted by atomic mass is 16.2. The lowest BCUT2D eigenvalue weighted by atomic mass is 9.96. The van der Waals surface area contributed by atoms with E-state index in [0.29, 0.717) is 6.42 Å². The third-order valence-corrected chi connectivity index (χ3v) is 3.11. The highest BCUT2D eigenvalue weighted by molar-refractivity contribution is 5.78. The van der Waals surface area contributed by atoms with Crippen LogP contribution >= 0.6 is 0 Å². The van der Waals surface area contributed by atoms with Crippen LogP contribution in [0.2, 0.25) is 0 Å². The molecule has 0 unspecified atom stereocenters. The second-order valence-electron chi connectivity index (χ2n) is 4.57. The maximum Gasteiger partial charge on any atom is 0.223 e. The lowest BCUT2D eigenvalue weighted by Crippen LogP contribution is -2.57. The van der Waals surface area contributed by atoms with E-state index in [9.17, 15) is 4.79 Å². The summed E-state index contributed by atoms with van der Waals surface area (Å²) in [5, 5.41) is 0. The predicted octanol–water partition coefficient (Wildman–Crippen LogP) is 1.35. The Bertz CT molecular complexity index is 357. The van der Waals surface area contributed by atoms with E-state index in [1.807, 2.05) is 23.1 Å². The topological polar surface area (TPSA) is 46.3 Å². The summed E-state index contributed by atoms with van der Waals surface area (Å²) < 4.78 is 0. The van der Waals surface area contributed by atoms with Crippen molar-refractivity contribution < 1.29 is 4.79 Å². The standard InChI is InChI=1S/C13H18N2O/c1-10(11-5-3-2-4-6-11)7-13(16)15-8-12(14)9-15/h2-6,10,12H,7-9,14H2,1H3/t10-/m0/s1. The average Bonchev–Trinajstić information content (AvgIpc) is 2.26. The second-order valence-corrected chi connectivity index (χ2v) is 4.57. The number of carbonyl (C=O) groups excluding carboxylic acids is 1. The van der Waals surface area contributed by atoms with Crippen LogP contribution in [0.4, 0.5) is 0 Å². The molecule has 0 aliphatic carbocycles. The van der Waals surface area contributed by atoms with Crippen LogP contribution in [-0.4, -0.2) is 29.9 Å². The van der Waals surface area contributed by atoms with Gasteiger partial charge in [-0.25, -0.2) is 0 Å². The molecule has 1 aliphatic heterocycles. The second kappa shape index (κ2) is 4.66. The van der Waals surface area contributed by atoms with E-state index in [-0.39, 0.29) is 17.9 Å². The highest BCUT2D eigenvalue weighted by Crippen LogP contribution is 2.20. The minimum Gasteiger partial charge on any atom is -0.339 e. The Morgan fingerprint density at radius 1 is 1.44 bits per heavy atom. The first-order valence-corrected chi connectivity index (χ1v) is 5.75. The van der Waals surface area contributed by atoms with Crippen molar-refractivity contribution in [3.05, 3.63) is 35.9 Å². The molecule has 1 aromatic rings. The molecule has 0 spiro atoms. The third kappa shape index (κ3) is 2.42. The number of rotatable bonds is 3. The van der Waals surface area contributed by atoms with Crippen molar-refractivity contribution in [3.8, 4) is 0 Å². The molecule has 86 valence electrons. The fourth-order valence-corrected chi connectivity index (χ4v) is 2.01. The molecular weight excluding hydrogens is 200 g/mol. The monoisotopic (exact) mass is 218 g/mol. The normalized spacial score (nSPS) is 18.0. The summed E-state index contributed by atoms with van der Waals surface area (Å²) in [5.41, 5.74) is 6.88. The molecule has 1 fully saturated rings. The van der Waals surface area contributed by atoms with E-state index in [2.05, 4.69) is 19.1 Å². The molecule has 1 aliphatic rings. The summed E-state index contributed by atoms with van der Waals surface area (Å²) in [6.45, 7) is 3.54. The van der Waals surface area contributed by atoms with Crippen LogP contribution in [0.5, 0.6) is 0 Å². The van der Waals surface area contributed by atoms with Gasteiger partial charge < -0.3 is 10.6 Å². The highest BCUT2D eigenvalue weighted by Gasteiger charge is 2.28. The molecule has 16 heavy (non-hydrogen) atoms. The van der Waals surface area contributed by atoms with Crippen molar-refractivity contribution in [3.63, 3.8) is 0 Å². The van der Waals surface area contributed by atoms with Crippen molar-refractivity contribution in [2.45, 2.75) is 25.3 Å². The first kappa shape index (κ1) is 11.1. The molecule has 0 radical (unpaired) electrons. The summed E-state index contributed by atoms with van der Waals surface area (Å²) in [6.07, 6.45) is 0.580. The zero-order valence-electron chi connectivity index (χ0n) is 9.60. The Kier molecular flexibility index (Phi) is 3.25. The van der Waals surface area contributed by atoms with Gasteiger partial charge in [-0.15, -0.1) is 0 Å². The Labute approximate surface area is 96.2 Å². The number of hydrogen-bond donors (Lipinski definition) is 1. The first-order valence-electron chi connectivity index (χ1n) is 5.75. The predicted molar refractivity (Wildman–Crippen MR) is 64.0 cm³/mol. The van der Waals surface area contributed by atoms with Gasteiger partial charge in [0.25, 0.3) is 0 Å². The molecule has 1 atom stereocenters. The van der Waals surface area contributed by atoms with E-state index < -0.39 is 0 Å². The fraction of sp³-hybridized carbons (Fsp3) is 0.462. The average molecular weight is 218 g/mol. The van der Waals surface area contributed by atoms with Gasteiger partial charge in [0.05, 0.1) is 0 Å². The molecule has 2 N–H and O–H groups in total. The van der Waals surface area contributed by atoms with Gasteiger partial charge in [0.1, 0.15) is 0 Å². The van der Waals surface area contributed by atoms with Crippen LogP contribution < -0.4 is 5.73 Å². The molecule has 2 rings (SSSR count). The van der Waals surface area contributed by atoms with E-state index in [1.54, 1.807) is 0 Å². The molecule has 1 amide bonds. The zero-order valence-corrected chi connectivity index (χ0v) is 9.60. The molecule has 1 aromatic carbocycles. The van der Waals surface area contributed by atoms with Crippen LogP contribution in [0.1, 0.15) is 24.8 Å². The van der Waals surface area contributed by atoms with Crippen molar-refractivity contribution in [1.82, 2.24) is 4.90 Å². The van der Waals surface area contributed by atoms with Crippen molar-refractivity contribution >= 4 is 5.91 Å². The summed E-state index contributed by atoms with van der Waals surface area (Å²) in [6, 6.07) is 10.3. The molecule has 1 saturated heterocycles. The first-order chi connectivity index (χ1) is 7.66. The molecule has 0 saturated carbocycles. The lowest BCUT2D eigenvalue weighted by Gasteiger charge is -2.37. The Morgan fingerprint density at radius 3 is 2.62 bits per heavy atom. The van der Waals surface area contributed by atoms with Gasteiger partial charge in [-0.05, 0) is 11.5 Å². The van der Waals surface area contributed by atoms with E-state index >= 15 is 0 Å². The third-order valence-electron chi connectivity index (χ3n) is 3.11. The smallest absolute Gasteiger partial charge is 0.223 e. The molecular formula is C13H18N2O. The van der Waals surface area contributed by atoms with Crippen LogP contribution in [-0.2, 0) is 4.79 Å². The van der Waals surface area contributed by atoms with E-state index in [4.69, 9.17) is 5.73 Å². The van der Waals surface area contributed by atoms with Crippen LogP contribution in [0.15, 0.2) is 30.3 Å². The summed E-state index contributed by atoms with van der Waals surface area (Å²) in [7, 11) is 0. The quantitative estimate of drug-likeness (QED) is 0.832. The zero-order chi connectivity index (χ0) is 11.5. The number of nitrogens with two attached hydrogens (primary N) is 1. The summed E-state index contributed by atoms with van der Waals surface area (Å²) in [4.78, 5) is 13.7. The number of hydrogen-bond acceptors (Lipinski definition) is 2. The van der Waals surface area contributed by atoms with Gasteiger partial charge in [0.2, 0.25) is 5.91 Å². The fourth-order valence-electron chi connectivity index (χ4n) is 2.01. The van der Waals surface area contributed by atoms with Crippen molar-refractivity contribution in [1.29, 1.82) is 0 Å². The van der Waals surface area contributed by atoms with Gasteiger partial charge in [0.15, 0.2) is 0 Å². The number of benzene rings is 1. The maximum absolute atomic E-state index is 11.8. The molecule has 1 heterocycles. The largest absolute Gasteiger partial charge is 0.339 e. The van der Waals surface area contributed by atoms with E-state index in [0.717, 1.165) is 13.1 Å². The molecule has 3 nitrogen and oxygen atoms in total. The van der Waals surface area contributed by atoms with Gasteiger partial charge in [-0.1, -0.05) is 37.3 Å². The number of amides is 1. The van der Waals surface area contributed by atoms with E-state index in [1.165, 1.54) is 5.56 Å². The minimum absolute atomic E-state index is 0.191. The van der Waals surface area contributed by atoms with Gasteiger partial charge in [0, 0.05) is 25.6 Å². The SMILES string of the molecule is C[C@@H](CC(=O)N1CC(N)C1)c1ccccc1. The van der Waals surface area contributed by atoms with Crippen molar-refractivity contribution in [2.75, 3.05) is 13.1 Å². The maximum atomic E-state index is 11.8. The van der Waals surface area contributed by atoms with Gasteiger partial charge in [-0.3, -0.25) is 4.79 Å². The van der Waals surface area contributed by atoms with Crippen LogP contribution in [0, 0.1) is 0 Å². The van der Waals surface area contributed by atoms with Crippen molar-refractivity contribution in [2.24, 2.45) is 5.73 Å². The van der Waals surface area contributed by atoms with Gasteiger partial charge >= 0.3 is 0 Å². The number of likely N-dealkylation sites (tertiary alicyclic amines) is 1. The summed E-state index contributed by atoms with van der Waals surface area (Å²) in [5.74, 6) is 0.503. The summed E-state index contributed by atoms with van der Waals surface area (Å²) >= 11 is 0. The molecule has 3 heteroatoms. The number of nitrogens with zero attached hydrogens (tertiary/aromatic N) is 1.